The van der Waals surface area contributed by atoms with Gasteiger partial charge in [-0.05, 0) is 12.6 Å². The highest BCUT2D eigenvalue weighted by Gasteiger charge is 2.16. The topological polar surface area (TPSA) is 88.9 Å². The summed E-state index contributed by atoms with van der Waals surface area (Å²) >= 11 is 1.43. The van der Waals surface area contributed by atoms with Gasteiger partial charge in [-0.15, -0.1) is 21.5 Å². The van der Waals surface area contributed by atoms with E-state index in [1.165, 1.54) is 17.7 Å². The minimum atomic E-state index is -3.51. The first kappa shape index (κ1) is 15.1. The Kier molecular flexibility index (Phi) is 4.86. The van der Waals surface area contributed by atoms with Crippen molar-refractivity contribution in [2.45, 2.75) is 24.9 Å². The quantitative estimate of drug-likeness (QED) is 0.775. The van der Waals surface area contributed by atoms with Gasteiger partial charge < -0.3 is 9.88 Å². The first-order chi connectivity index (χ1) is 9.53. The third-order valence-electron chi connectivity index (χ3n) is 2.71. The lowest BCUT2D eigenvalue weighted by Crippen LogP contribution is -2.24. The van der Waals surface area contributed by atoms with Crippen LogP contribution in [0.5, 0.6) is 0 Å². The van der Waals surface area contributed by atoms with Crippen molar-refractivity contribution in [1.29, 1.82) is 0 Å². The minimum Gasteiger partial charge on any atom is -0.320 e. The summed E-state index contributed by atoms with van der Waals surface area (Å²) < 4.78 is 28.5. The Morgan fingerprint density at radius 3 is 2.85 bits per heavy atom. The predicted octanol–water partition coefficient (Wildman–Crippen LogP) is 0.465. The molecule has 0 atom stereocenters. The van der Waals surface area contributed by atoms with E-state index in [1.807, 2.05) is 6.92 Å². The third kappa shape index (κ3) is 3.63. The summed E-state index contributed by atoms with van der Waals surface area (Å²) in [5, 5.41) is 12.4. The first-order valence-corrected chi connectivity index (χ1v) is 8.50. The van der Waals surface area contributed by atoms with Crippen molar-refractivity contribution in [3.63, 3.8) is 0 Å². The highest BCUT2D eigenvalue weighted by Crippen LogP contribution is 2.19. The molecule has 0 saturated carbocycles. The molecule has 2 heterocycles. The van der Waals surface area contributed by atoms with Gasteiger partial charge in [-0.1, -0.05) is 6.92 Å². The largest absolute Gasteiger partial charge is 0.320 e. The summed E-state index contributed by atoms with van der Waals surface area (Å²) in [5.41, 5.74) is 0. The summed E-state index contributed by atoms with van der Waals surface area (Å²) in [7, 11) is -1.74. The van der Waals surface area contributed by atoms with Crippen molar-refractivity contribution in [2.24, 2.45) is 7.05 Å². The van der Waals surface area contributed by atoms with Crippen molar-refractivity contribution in [1.82, 2.24) is 24.8 Å². The number of sulfonamides is 1. The Balaban J connectivity index is 2.03. The van der Waals surface area contributed by atoms with Crippen molar-refractivity contribution in [2.75, 3.05) is 6.54 Å². The van der Waals surface area contributed by atoms with Gasteiger partial charge in [0.1, 0.15) is 12.2 Å². The van der Waals surface area contributed by atoms with Crippen LogP contribution in [0.15, 0.2) is 22.7 Å². The molecule has 20 heavy (non-hydrogen) atoms. The van der Waals surface area contributed by atoms with E-state index in [-0.39, 0.29) is 11.4 Å². The second-order valence-electron chi connectivity index (χ2n) is 4.21. The highest BCUT2D eigenvalue weighted by atomic mass is 32.2. The minimum absolute atomic E-state index is 0.122. The molecule has 110 valence electrons. The standard InChI is InChI=1S/C11H17N5O2S2/c1-3-12-5-9-4-10(7-19-9)20(17,18)14-6-11-15-13-8-16(11)2/h4,7-8,12,14H,3,5-6H2,1-2H3. The summed E-state index contributed by atoms with van der Waals surface area (Å²) in [4.78, 5) is 1.28. The maximum Gasteiger partial charge on any atom is 0.241 e. The first-order valence-electron chi connectivity index (χ1n) is 6.13. The molecule has 7 nitrogen and oxygen atoms in total. The molecule has 2 aromatic rings. The molecule has 0 saturated heterocycles. The number of hydrogen-bond donors (Lipinski definition) is 2. The molecule has 0 bridgehead atoms. The highest BCUT2D eigenvalue weighted by molar-refractivity contribution is 7.89. The van der Waals surface area contributed by atoms with Crippen LogP contribution in [0.1, 0.15) is 17.6 Å². The summed E-state index contributed by atoms with van der Waals surface area (Å²) in [5.74, 6) is 0.566. The van der Waals surface area contributed by atoms with Crippen molar-refractivity contribution in [3.05, 3.63) is 28.5 Å². The number of nitrogens with one attached hydrogen (secondary N) is 2. The van der Waals surface area contributed by atoms with Crippen LogP contribution < -0.4 is 10.0 Å². The van der Waals surface area contributed by atoms with Crippen LogP contribution >= 0.6 is 11.3 Å². The van der Waals surface area contributed by atoms with Gasteiger partial charge in [0.15, 0.2) is 0 Å². The van der Waals surface area contributed by atoms with Crippen molar-refractivity contribution < 1.29 is 8.42 Å². The Morgan fingerprint density at radius 1 is 1.40 bits per heavy atom. The number of thiophene rings is 1. The van der Waals surface area contributed by atoms with Gasteiger partial charge in [0, 0.05) is 23.8 Å². The molecule has 0 aliphatic heterocycles. The fraction of sp³-hybridized carbons (Fsp3) is 0.455. The van der Waals surface area contributed by atoms with Crippen molar-refractivity contribution >= 4 is 21.4 Å². The number of nitrogens with zero attached hydrogens (tertiary/aromatic N) is 3. The molecule has 0 aromatic carbocycles. The maximum atomic E-state index is 12.1. The van der Waals surface area contributed by atoms with E-state index < -0.39 is 10.0 Å². The number of rotatable bonds is 7. The van der Waals surface area contributed by atoms with E-state index in [4.69, 9.17) is 0 Å². The smallest absolute Gasteiger partial charge is 0.241 e. The predicted molar refractivity (Wildman–Crippen MR) is 76.7 cm³/mol. The molecule has 0 spiro atoms. The van der Waals surface area contributed by atoms with Crippen molar-refractivity contribution in [3.8, 4) is 0 Å². The fourth-order valence-electron chi connectivity index (χ4n) is 1.55. The normalized spacial score (nSPS) is 11.9. The van der Waals surface area contributed by atoms with Crippen LogP contribution in [0.2, 0.25) is 0 Å². The van der Waals surface area contributed by atoms with Crippen LogP contribution in [-0.2, 0) is 30.2 Å². The monoisotopic (exact) mass is 315 g/mol. The van der Waals surface area contributed by atoms with E-state index in [2.05, 4.69) is 20.2 Å². The lowest BCUT2D eigenvalue weighted by molar-refractivity contribution is 0.577. The van der Waals surface area contributed by atoms with Gasteiger partial charge in [0.25, 0.3) is 0 Å². The SMILES string of the molecule is CCNCc1cc(S(=O)(=O)NCc2nncn2C)cs1. The summed E-state index contributed by atoms with van der Waals surface area (Å²) in [6.07, 6.45) is 1.53. The molecular weight excluding hydrogens is 298 g/mol. The molecule has 0 fully saturated rings. The zero-order valence-electron chi connectivity index (χ0n) is 11.3. The van der Waals surface area contributed by atoms with Gasteiger partial charge in [0.2, 0.25) is 10.0 Å². The van der Waals surface area contributed by atoms with E-state index in [1.54, 1.807) is 23.1 Å². The average Bonchev–Trinajstić information content (AvgIpc) is 3.03. The Labute approximate surface area is 122 Å². The Bertz CT molecular complexity index is 662. The summed E-state index contributed by atoms with van der Waals surface area (Å²) in [6, 6.07) is 1.69. The zero-order chi connectivity index (χ0) is 14.6. The van der Waals surface area contributed by atoms with Crippen LogP contribution in [0.4, 0.5) is 0 Å². The zero-order valence-corrected chi connectivity index (χ0v) is 13.0. The number of aromatic nitrogens is 3. The van der Waals surface area contributed by atoms with Crippen LogP contribution in [0.25, 0.3) is 0 Å². The molecule has 0 aliphatic carbocycles. The number of aryl methyl sites for hydroxylation is 1. The van der Waals surface area contributed by atoms with E-state index >= 15 is 0 Å². The van der Waals surface area contributed by atoms with Crippen LogP contribution in [0, 0.1) is 0 Å². The van der Waals surface area contributed by atoms with Crippen LogP contribution in [-0.4, -0.2) is 29.7 Å². The maximum absolute atomic E-state index is 12.1. The van der Waals surface area contributed by atoms with E-state index in [0.717, 1.165) is 11.4 Å². The second-order valence-corrected chi connectivity index (χ2v) is 6.97. The third-order valence-corrected chi connectivity index (χ3v) is 5.18. The van der Waals surface area contributed by atoms with Gasteiger partial charge >= 0.3 is 0 Å². The fourth-order valence-corrected chi connectivity index (χ4v) is 3.78. The lowest BCUT2D eigenvalue weighted by atomic mass is 10.4. The van der Waals surface area contributed by atoms with Gasteiger partial charge in [0.05, 0.1) is 11.4 Å². The van der Waals surface area contributed by atoms with Crippen LogP contribution in [0.3, 0.4) is 0 Å². The molecule has 0 aliphatic rings. The van der Waals surface area contributed by atoms with Gasteiger partial charge in [-0.2, -0.15) is 0 Å². The molecule has 2 aromatic heterocycles. The molecule has 2 N–H and O–H groups in total. The Morgan fingerprint density at radius 2 is 2.20 bits per heavy atom. The molecule has 0 radical (unpaired) electrons. The van der Waals surface area contributed by atoms with Gasteiger partial charge in [-0.3, -0.25) is 0 Å². The molecular formula is C11H17N5O2S2. The van der Waals surface area contributed by atoms with Gasteiger partial charge in [-0.25, -0.2) is 13.1 Å². The lowest BCUT2D eigenvalue weighted by Gasteiger charge is -2.04. The molecule has 0 unspecified atom stereocenters. The average molecular weight is 315 g/mol. The van der Waals surface area contributed by atoms with E-state index in [0.29, 0.717) is 12.4 Å². The summed E-state index contributed by atoms with van der Waals surface area (Å²) in [6.45, 7) is 3.66. The van der Waals surface area contributed by atoms with E-state index in [9.17, 15) is 8.42 Å². The Hall–Kier alpha value is -1.29. The second kappa shape index (κ2) is 6.44. The molecule has 0 amide bonds. The number of hydrogen-bond acceptors (Lipinski definition) is 6. The molecule has 9 heteroatoms. The molecule has 2 rings (SSSR count).